The van der Waals surface area contributed by atoms with Crippen LogP contribution in [0.15, 0.2) is 48.5 Å². The van der Waals surface area contributed by atoms with Crippen molar-refractivity contribution < 1.29 is 9.53 Å². The summed E-state index contributed by atoms with van der Waals surface area (Å²) < 4.78 is 5.81. The van der Waals surface area contributed by atoms with E-state index in [2.05, 4.69) is 33.7 Å². The van der Waals surface area contributed by atoms with Gasteiger partial charge in [0.15, 0.2) is 0 Å². The van der Waals surface area contributed by atoms with Gasteiger partial charge in [0.25, 0.3) is 0 Å². The fourth-order valence-electron chi connectivity index (χ4n) is 3.50. The average Bonchev–Trinajstić information content (AvgIpc) is 3.19. The molecule has 0 radical (unpaired) electrons. The summed E-state index contributed by atoms with van der Waals surface area (Å²) in [6, 6.07) is 16.0. The molecule has 0 saturated carbocycles. The highest BCUT2D eigenvalue weighted by Gasteiger charge is 2.14. The van der Waals surface area contributed by atoms with E-state index in [1.165, 1.54) is 37.1 Å². The van der Waals surface area contributed by atoms with Gasteiger partial charge >= 0.3 is 6.03 Å². The average molecular weight is 382 g/mol. The zero-order chi connectivity index (χ0) is 19.8. The third-order valence-electron chi connectivity index (χ3n) is 4.93. The number of para-hydroxylation sites is 1. The first-order valence-electron chi connectivity index (χ1n) is 10.2. The molecule has 5 nitrogen and oxygen atoms in total. The molecule has 0 atom stereocenters. The number of likely N-dealkylation sites (tertiary alicyclic amines) is 1. The van der Waals surface area contributed by atoms with Crippen LogP contribution in [-0.4, -0.2) is 30.1 Å². The molecule has 0 unspecified atom stereocenters. The minimum absolute atomic E-state index is 0.0992. The van der Waals surface area contributed by atoms with Crippen LogP contribution in [0.25, 0.3) is 0 Å². The van der Waals surface area contributed by atoms with Crippen LogP contribution >= 0.6 is 0 Å². The number of rotatable bonds is 8. The Labute approximate surface area is 168 Å². The number of nitrogens with one attached hydrogen (secondary N) is 2. The second kappa shape index (κ2) is 10.1. The Balaban J connectivity index is 1.51. The number of hydrogen-bond donors (Lipinski definition) is 2. The third-order valence-corrected chi connectivity index (χ3v) is 4.93. The number of benzene rings is 2. The minimum atomic E-state index is -0.171. The summed E-state index contributed by atoms with van der Waals surface area (Å²) >= 11 is 0. The molecule has 2 N–H and O–H groups in total. The number of hydrogen-bond acceptors (Lipinski definition) is 3. The molecular weight excluding hydrogens is 350 g/mol. The van der Waals surface area contributed by atoms with Crippen molar-refractivity contribution >= 4 is 6.03 Å². The van der Waals surface area contributed by atoms with Gasteiger partial charge in [-0.25, -0.2) is 4.79 Å². The Kier molecular flexibility index (Phi) is 7.31. The van der Waals surface area contributed by atoms with Crippen LogP contribution in [0.5, 0.6) is 5.75 Å². The first-order valence-corrected chi connectivity index (χ1v) is 10.2. The van der Waals surface area contributed by atoms with Crippen molar-refractivity contribution in [3.05, 3.63) is 65.2 Å². The number of ether oxygens (including phenoxy) is 1. The Hall–Kier alpha value is -2.53. The van der Waals surface area contributed by atoms with Gasteiger partial charge in [0.1, 0.15) is 5.75 Å². The summed E-state index contributed by atoms with van der Waals surface area (Å²) in [6.07, 6.45) is 2.66. The maximum atomic E-state index is 12.3. The molecule has 1 fully saturated rings. The predicted molar refractivity (Wildman–Crippen MR) is 112 cm³/mol. The van der Waals surface area contributed by atoms with Gasteiger partial charge in [-0.3, -0.25) is 4.90 Å². The fourth-order valence-corrected chi connectivity index (χ4v) is 3.50. The molecule has 2 amide bonds. The van der Waals surface area contributed by atoms with Crippen molar-refractivity contribution in [3.63, 3.8) is 0 Å². The minimum Gasteiger partial charge on any atom is -0.491 e. The normalized spacial score (nSPS) is 14.2. The summed E-state index contributed by atoms with van der Waals surface area (Å²) in [5, 5.41) is 5.92. The van der Waals surface area contributed by atoms with Crippen LogP contribution in [0.1, 0.15) is 43.4 Å². The van der Waals surface area contributed by atoms with Gasteiger partial charge in [-0.15, -0.1) is 0 Å². The molecule has 1 aliphatic heterocycles. The highest BCUT2D eigenvalue weighted by molar-refractivity contribution is 5.74. The summed E-state index contributed by atoms with van der Waals surface area (Å²) in [4.78, 5) is 14.8. The summed E-state index contributed by atoms with van der Waals surface area (Å²) in [6.45, 7) is 8.25. The quantitative estimate of drug-likeness (QED) is 0.725. The van der Waals surface area contributed by atoms with Crippen LogP contribution in [0.2, 0.25) is 0 Å². The monoisotopic (exact) mass is 381 g/mol. The van der Waals surface area contributed by atoms with Crippen molar-refractivity contribution in [1.29, 1.82) is 0 Å². The summed E-state index contributed by atoms with van der Waals surface area (Å²) in [7, 11) is 0. The van der Waals surface area contributed by atoms with Crippen LogP contribution in [0.4, 0.5) is 4.79 Å². The lowest BCUT2D eigenvalue weighted by atomic mass is 10.1. The van der Waals surface area contributed by atoms with Crippen molar-refractivity contribution in [3.8, 4) is 5.75 Å². The highest BCUT2D eigenvalue weighted by atomic mass is 16.5. The van der Waals surface area contributed by atoms with Crippen molar-refractivity contribution in [2.24, 2.45) is 0 Å². The molecule has 150 valence electrons. The molecule has 0 bridgehead atoms. The molecule has 1 saturated heterocycles. The van der Waals surface area contributed by atoms with Crippen LogP contribution in [0.3, 0.4) is 0 Å². The van der Waals surface area contributed by atoms with Crippen molar-refractivity contribution in [2.75, 3.05) is 13.1 Å². The maximum Gasteiger partial charge on any atom is 0.315 e. The zero-order valence-electron chi connectivity index (χ0n) is 16.9. The zero-order valence-corrected chi connectivity index (χ0v) is 16.9. The van der Waals surface area contributed by atoms with E-state index >= 15 is 0 Å². The van der Waals surface area contributed by atoms with E-state index in [0.29, 0.717) is 13.1 Å². The molecule has 0 spiro atoms. The number of amides is 2. The molecule has 3 rings (SSSR count). The molecule has 0 aliphatic carbocycles. The standard InChI is InChI=1S/C23H31N3O2/c1-18(2)28-22-12-6-5-10-20(22)16-25-23(27)24-15-19-9-3-4-11-21(19)17-26-13-7-8-14-26/h3-6,9-12,18H,7-8,13-17H2,1-2H3,(H2,24,25,27). The second-order valence-electron chi connectivity index (χ2n) is 7.56. The van der Waals surface area contributed by atoms with E-state index < -0.39 is 0 Å². The van der Waals surface area contributed by atoms with E-state index in [0.717, 1.165) is 17.9 Å². The lowest BCUT2D eigenvalue weighted by Gasteiger charge is -2.18. The Morgan fingerprint density at radius 1 is 0.929 bits per heavy atom. The van der Waals surface area contributed by atoms with Gasteiger partial charge in [0.2, 0.25) is 0 Å². The van der Waals surface area contributed by atoms with Gasteiger partial charge in [-0.1, -0.05) is 42.5 Å². The molecule has 5 heteroatoms. The second-order valence-corrected chi connectivity index (χ2v) is 7.56. The number of urea groups is 1. The molecule has 1 heterocycles. The molecule has 2 aromatic rings. The van der Waals surface area contributed by atoms with Gasteiger partial charge in [-0.05, 0) is 57.0 Å². The SMILES string of the molecule is CC(C)Oc1ccccc1CNC(=O)NCc1ccccc1CN1CCCC1. The fraction of sp³-hybridized carbons (Fsp3) is 0.435. The van der Waals surface area contributed by atoms with Crippen LogP contribution in [0, 0.1) is 0 Å². The van der Waals surface area contributed by atoms with Crippen LogP contribution in [-0.2, 0) is 19.6 Å². The summed E-state index contributed by atoms with van der Waals surface area (Å²) in [5.41, 5.74) is 3.44. The molecule has 1 aliphatic rings. The lowest BCUT2D eigenvalue weighted by Crippen LogP contribution is -2.35. The van der Waals surface area contributed by atoms with E-state index in [1.54, 1.807) is 0 Å². The lowest BCUT2D eigenvalue weighted by molar-refractivity contribution is 0.235. The Morgan fingerprint density at radius 3 is 2.18 bits per heavy atom. The Morgan fingerprint density at radius 2 is 1.50 bits per heavy atom. The topological polar surface area (TPSA) is 53.6 Å². The predicted octanol–water partition coefficient (Wildman–Crippen LogP) is 4.07. The molecule has 2 aromatic carbocycles. The molecular formula is C23H31N3O2. The number of nitrogens with zero attached hydrogens (tertiary/aromatic N) is 1. The summed E-state index contributed by atoms with van der Waals surface area (Å²) in [5.74, 6) is 0.814. The first kappa shape index (κ1) is 20.2. The number of carbonyl (C=O) groups excluding carboxylic acids is 1. The highest BCUT2D eigenvalue weighted by Crippen LogP contribution is 2.19. The first-order chi connectivity index (χ1) is 13.6. The van der Waals surface area contributed by atoms with Gasteiger partial charge in [-0.2, -0.15) is 0 Å². The molecule has 0 aromatic heterocycles. The van der Waals surface area contributed by atoms with Crippen LogP contribution < -0.4 is 15.4 Å². The third kappa shape index (κ3) is 5.99. The smallest absolute Gasteiger partial charge is 0.315 e. The maximum absolute atomic E-state index is 12.3. The number of carbonyl (C=O) groups is 1. The van der Waals surface area contributed by atoms with Crippen molar-refractivity contribution in [1.82, 2.24) is 15.5 Å². The van der Waals surface area contributed by atoms with E-state index in [9.17, 15) is 4.79 Å². The van der Waals surface area contributed by atoms with E-state index in [-0.39, 0.29) is 12.1 Å². The van der Waals surface area contributed by atoms with Gasteiger partial charge < -0.3 is 15.4 Å². The molecule has 28 heavy (non-hydrogen) atoms. The van der Waals surface area contributed by atoms with Gasteiger partial charge in [0.05, 0.1) is 6.10 Å². The largest absolute Gasteiger partial charge is 0.491 e. The van der Waals surface area contributed by atoms with Gasteiger partial charge in [0, 0.05) is 25.2 Å². The van der Waals surface area contributed by atoms with E-state index in [4.69, 9.17) is 4.74 Å². The van der Waals surface area contributed by atoms with E-state index in [1.807, 2.05) is 44.2 Å². The van der Waals surface area contributed by atoms with Crippen molar-refractivity contribution in [2.45, 2.75) is 52.4 Å². The Bertz CT molecular complexity index is 770.